The number of non-ortho nitro benzene ring substituents is 1. The number of aromatic amines is 1. The van der Waals surface area contributed by atoms with Crippen LogP contribution < -0.4 is 5.69 Å². The zero-order valence-electron chi connectivity index (χ0n) is 10.7. The Morgan fingerprint density at radius 1 is 1.20 bits per heavy atom. The fourth-order valence-electron chi connectivity index (χ4n) is 2.21. The third-order valence-electron chi connectivity index (χ3n) is 3.13. The molecule has 2 aromatic heterocycles. The van der Waals surface area contributed by atoms with E-state index in [4.69, 9.17) is 0 Å². The van der Waals surface area contributed by atoms with Gasteiger partial charge >= 0.3 is 5.69 Å². The van der Waals surface area contributed by atoms with Gasteiger partial charge < -0.3 is 4.98 Å². The summed E-state index contributed by atoms with van der Waals surface area (Å²) in [5.74, 6) is 0. The van der Waals surface area contributed by atoms with Gasteiger partial charge in [0.1, 0.15) is 0 Å². The molecule has 2 heterocycles. The van der Waals surface area contributed by atoms with Gasteiger partial charge in [0, 0.05) is 29.6 Å². The maximum absolute atomic E-state index is 11.8. The number of fused-ring (bicyclic) bond motifs is 1. The molecule has 0 bridgehead atoms. The number of hydrogen-bond acceptors (Lipinski definition) is 3. The van der Waals surface area contributed by atoms with E-state index < -0.39 is 4.92 Å². The summed E-state index contributed by atoms with van der Waals surface area (Å²) in [5, 5.41) is 10.8. The van der Waals surface area contributed by atoms with E-state index in [2.05, 4.69) is 4.98 Å². The van der Waals surface area contributed by atoms with Crippen LogP contribution >= 0.6 is 0 Å². The highest BCUT2D eigenvalue weighted by atomic mass is 16.6. The number of nitro benzene ring substituents is 1. The first-order chi connectivity index (χ1) is 9.54. The highest BCUT2D eigenvalue weighted by molar-refractivity contribution is 5.71. The molecule has 0 amide bonds. The Morgan fingerprint density at radius 3 is 2.75 bits per heavy atom. The molecule has 0 aliphatic carbocycles. The van der Waals surface area contributed by atoms with Crippen LogP contribution in [0, 0.1) is 17.0 Å². The van der Waals surface area contributed by atoms with E-state index >= 15 is 0 Å². The van der Waals surface area contributed by atoms with Crippen molar-refractivity contribution in [2.45, 2.75) is 6.92 Å². The van der Waals surface area contributed by atoms with E-state index in [1.54, 1.807) is 25.3 Å². The van der Waals surface area contributed by atoms with E-state index in [0.717, 1.165) is 16.8 Å². The third kappa shape index (κ3) is 1.97. The molecule has 0 saturated heterocycles. The van der Waals surface area contributed by atoms with Crippen LogP contribution in [0.1, 0.15) is 5.69 Å². The molecule has 0 spiro atoms. The first-order valence-corrected chi connectivity index (χ1v) is 6.01. The predicted octanol–water partition coefficient (Wildman–Crippen LogP) is 2.51. The predicted molar refractivity (Wildman–Crippen MR) is 74.8 cm³/mol. The molecule has 0 fully saturated rings. The van der Waals surface area contributed by atoms with Crippen LogP contribution in [0.3, 0.4) is 0 Å². The molecule has 0 saturated carbocycles. The Balaban J connectivity index is 2.20. The topological polar surface area (TPSA) is 80.4 Å². The number of nitrogens with one attached hydrogen (secondary N) is 1. The molecule has 1 N–H and O–H groups in total. The maximum atomic E-state index is 11.8. The van der Waals surface area contributed by atoms with Gasteiger partial charge in [-0.05, 0) is 24.6 Å². The summed E-state index contributed by atoms with van der Waals surface area (Å²) in [6.45, 7) is 1.81. The van der Waals surface area contributed by atoms with Gasteiger partial charge in [-0.2, -0.15) is 0 Å². The lowest BCUT2D eigenvalue weighted by Crippen LogP contribution is -2.15. The van der Waals surface area contributed by atoms with Crippen molar-refractivity contribution in [3.8, 4) is 11.1 Å². The van der Waals surface area contributed by atoms with Crippen LogP contribution in [-0.4, -0.2) is 14.3 Å². The number of nitrogens with zero attached hydrogens (tertiary/aromatic N) is 2. The van der Waals surface area contributed by atoms with Crippen LogP contribution in [0.2, 0.25) is 0 Å². The summed E-state index contributed by atoms with van der Waals surface area (Å²) < 4.78 is 1.49. The van der Waals surface area contributed by atoms with E-state index in [9.17, 15) is 14.9 Å². The monoisotopic (exact) mass is 269 g/mol. The Morgan fingerprint density at radius 2 is 2.00 bits per heavy atom. The van der Waals surface area contributed by atoms with Crippen molar-refractivity contribution in [3.63, 3.8) is 0 Å². The van der Waals surface area contributed by atoms with Crippen molar-refractivity contribution < 1.29 is 4.92 Å². The lowest BCUT2D eigenvalue weighted by atomic mass is 10.1. The Kier molecular flexibility index (Phi) is 2.64. The van der Waals surface area contributed by atoms with Crippen LogP contribution in [0.4, 0.5) is 5.69 Å². The van der Waals surface area contributed by atoms with Gasteiger partial charge in [-0.3, -0.25) is 14.5 Å². The number of rotatable bonds is 2. The summed E-state index contributed by atoms with van der Waals surface area (Å²) in [6, 6.07) is 10.0. The second-order valence-corrected chi connectivity index (χ2v) is 4.59. The van der Waals surface area contributed by atoms with Crippen molar-refractivity contribution in [2.24, 2.45) is 0 Å². The standard InChI is InChI=1S/C14H11N3O3/c1-9-5-13-7-11(8-16(13)14(18)15-9)10-3-2-4-12(6-10)17(19)20/h2-8H,1H3,(H,15,18). The first kappa shape index (κ1) is 12.2. The highest BCUT2D eigenvalue weighted by Crippen LogP contribution is 2.25. The van der Waals surface area contributed by atoms with Gasteiger partial charge in [-0.25, -0.2) is 4.79 Å². The summed E-state index contributed by atoms with van der Waals surface area (Å²) in [6.07, 6.45) is 1.67. The molecule has 1 aromatic carbocycles. The first-order valence-electron chi connectivity index (χ1n) is 6.01. The minimum Gasteiger partial charge on any atom is -0.311 e. The number of H-pyrrole nitrogens is 1. The second kappa shape index (κ2) is 4.34. The van der Waals surface area contributed by atoms with E-state index in [0.29, 0.717) is 5.56 Å². The second-order valence-electron chi connectivity index (χ2n) is 4.59. The quantitative estimate of drug-likeness (QED) is 0.573. The van der Waals surface area contributed by atoms with Gasteiger partial charge in [0.15, 0.2) is 0 Å². The molecule has 0 atom stereocenters. The Labute approximate surface area is 113 Å². The van der Waals surface area contributed by atoms with Crippen LogP contribution in [-0.2, 0) is 0 Å². The van der Waals surface area contributed by atoms with E-state index in [-0.39, 0.29) is 11.4 Å². The molecule has 6 nitrogen and oxygen atoms in total. The fourth-order valence-corrected chi connectivity index (χ4v) is 2.21. The smallest absolute Gasteiger partial charge is 0.311 e. The molecule has 100 valence electrons. The molecular weight excluding hydrogens is 258 g/mol. The van der Waals surface area contributed by atoms with E-state index in [1.165, 1.54) is 16.5 Å². The van der Waals surface area contributed by atoms with Crippen molar-refractivity contribution in [1.82, 2.24) is 9.38 Å². The van der Waals surface area contributed by atoms with Crippen molar-refractivity contribution in [3.05, 3.63) is 68.9 Å². The zero-order valence-corrected chi connectivity index (χ0v) is 10.7. The maximum Gasteiger partial charge on any atom is 0.330 e. The number of aryl methyl sites for hydroxylation is 1. The average molecular weight is 269 g/mol. The molecular formula is C14H11N3O3. The van der Waals surface area contributed by atoms with Gasteiger partial charge in [-0.15, -0.1) is 0 Å². The molecule has 0 aliphatic rings. The zero-order chi connectivity index (χ0) is 14.3. The fraction of sp³-hybridized carbons (Fsp3) is 0.0714. The number of aromatic nitrogens is 2. The van der Waals surface area contributed by atoms with Gasteiger partial charge in [0.25, 0.3) is 5.69 Å². The SMILES string of the molecule is Cc1cc2cc(-c3cccc([N+](=O)[O-])c3)cn2c(=O)[nH]1. The molecule has 0 aliphatic heterocycles. The molecule has 0 radical (unpaired) electrons. The van der Waals surface area contributed by atoms with Gasteiger partial charge in [0.2, 0.25) is 0 Å². The van der Waals surface area contributed by atoms with Crippen LogP contribution in [0.25, 0.3) is 16.6 Å². The van der Waals surface area contributed by atoms with Gasteiger partial charge in [-0.1, -0.05) is 12.1 Å². The van der Waals surface area contributed by atoms with Crippen LogP contribution in [0.15, 0.2) is 47.4 Å². The van der Waals surface area contributed by atoms with Crippen molar-refractivity contribution in [2.75, 3.05) is 0 Å². The van der Waals surface area contributed by atoms with E-state index in [1.807, 2.05) is 12.1 Å². The average Bonchev–Trinajstić information content (AvgIpc) is 2.83. The highest BCUT2D eigenvalue weighted by Gasteiger charge is 2.09. The minimum atomic E-state index is -0.434. The lowest BCUT2D eigenvalue weighted by Gasteiger charge is -1.96. The van der Waals surface area contributed by atoms with Crippen LogP contribution in [0.5, 0.6) is 0 Å². The number of hydrogen-bond donors (Lipinski definition) is 1. The van der Waals surface area contributed by atoms with Crippen molar-refractivity contribution in [1.29, 1.82) is 0 Å². The Hall–Kier alpha value is -2.89. The molecule has 20 heavy (non-hydrogen) atoms. The Bertz CT molecular complexity index is 877. The van der Waals surface area contributed by atoms with Crippen molar-refractivity contribution >= 4 is 11.2 Å². The number of benzene rings is 1. The molecule has 3 rings (SSSR count). The summed E-state index contributed by atoms with van der Waals surface area (Å²) in [4.78, 5) is 24.9. The molecule has 3 aromatic rings. The largest absolute Gasteiger partial charge is 0.330 e. The molecule has 0 unspecified atom stereocenters. The number of nitro groups is 1. The minimum absolute atomic E-state index is 0.0304. The lowest BCUT2D eigenvalue weighted by molar-refractivity contribution is -0.384. The summed E-state index contributed by atoms with van der Waals surface area (Å²) >= 11 is 0. The summed E-state index contributed by atoms with van der Waals surface area (Å²) in [7, 11) is 0. The normalized spacial score (nSPS) is 10.8. The van der Waals surface area contributed by atoms with Gasteiger partial charge in [0.05, 0.1) is 10.4 Å². The third-order valence-corrected chi connectivity index (χ3v) is 3.13. The summed E-state index contributed by atoms with van der Waals surface area (Å²) in [5.41, 5.74) is 2.81. The molecule has 6 heteroatoms.